The molecule has 0 aromatic heterocycles. The Morgan fingerprint density at radius 2 is 1.64 bits per heavy atom. The van der Waals surface area contributed by atoms with Gasteiger partial charge in [-0.05, 0) is 50.5 Å². The summed E-state index contributed by atoms with van der Waals surface area (Å²) in [4.78, 5) is 12.5. The molecule has 2 aromatic carbocycles. The van der Waals surface area contributed by atoms with Crippen LogP contribution in [0.3, 0.4) is 0 Å². The van der Waals surface area contributed by atoms with Crippen molar-refractivity contribution < 1.29 is 13.2 Å². The van der Waals surface area contributed by atoms with E-state index in [1.165, 1.54) is 0 Å². The SMILES string of the molecule is CCCNC(=O)c1ccccc1NS(=O)(=O)c1c(C)cc(C)cc1C. The molecule has 2 N–H and O–H groups in total. The van der Waals surface area contributed by atoms with E-state index in [4.69, 9.17) is 0 Å². The predicted molar refractivity (Wildman–Crippen MR) is 101 cm³/mol. The molecule has 6 heteroatoms. The number of rotatable bonds is 6. The molecule has 0 aliphatic rings. The average Bonchev–Trinajstić information content (AvgIpc) is 2.51. The summed E-state index contributed by atoms with van der Waals surface area (Å²) in [7, 11) is -3.80. The fourth-order valence-corrected chi connectivity index (χ4v) is 4.43. The van der Waals surface area contributed by atoms with Gasteiger partial charge in [0.1, 0.15) is 0 Å². The van der Waals surface area contributed by atoms with E-state index in [0.717, 1.165) is 12.0 Å². The highest BCUT2D eigenvalue weighted by molar-refractivity contribution is 7.92. The maximum Gasteiger partial charge on any atom is 0.262 e. The second-order valence-electron chi connectivity index (χ2n) is 6.13. The number of carbonyl (C=O) groups excluding carboxylic acids is 1. The van der Waals surface area contributed by atoms with E-state index in [9.17, 15) is 13.2 Å². The van der Waals surface area contributed by atoms with E-state index in [1.54, 1.807) is 38.1 Å². The molecule has 0 aliphatic carbocycles. The van der Waals surface area contributed by atoms with Crippen LogP contribution >= 0.6 is 0 Å². The molecule has 0 bridgehead atoms. The van der Waals surface area contributed by atoms with Crippen molar-refractivity contribution in [1.82, 2.24) is 5.32 Å². The lowest BCUT2D eigenvalue weighted by Crippen LogP contribution is -2.26. The van der Waals surface area contributed by atoms with E-state index >= 15 is 0 Å². The number of sulfonamides is 1. The van der Waals surface area contributed by atoms with Gasteiger partial charge in [0, 0.05) is 6.54 Å². The first-order valence-corrected chi connectivity index (χ1v) is 9.72. The largest absolute Gasteiger partial charge is 0.352 e. The van der Waals surface area contributed by atoms with E-state index in [2.05, 4.69) is 10.0 Å². The molecule has 0 spiro atoms. The molecule has 1 amide bonds. The minimum absolute atomic E-state index is 0.252. The summed E-state index contributed by atoms with van der Waals surface area (Å²) in [6.07, 6.45) is 0.807. The third-order valence-corrected chi connectivity index (χ3v) is 5.50. The van der Waals surface area contributed by atoms with Crippen LogP contribution in [0.15, 0.2) is 41.3 Å². The van der Waals surface area contributed by atoms with Crippen LogP contribution in [0.1, 0.15) is 40.4 Å². The van der Waals surface area contributed by atoms with Crippen LogP contribution in [0.5, 0.6) is 0 Å². The molecule has 0 unspecified atom stereocenters. The van der Waals surface area contributed by atoms with Crippen LogP contribution in [0, 0.1) is 20.8 Å². The third-order valence-electron chi connectivity index (χ3n) is 3.82. The summed E-state index contributed by atoms with van der Waals surface area (Å²) in [5, 5.41) is 2.77. The molecule has 5 nitrogen and oxygen atoms in total. The first-order valence-electron chi connectivity index (χ1n) is 8.24. The van der Waals surface area contributed by atoms with Crippen LogP contribution < -0.4 is 10.0 Å². The molecule has 0 atom stereocenters. The van der Waals surface area contributed by atoms with Gasteiger partial charge in [0.25, 0.3) is 15.9 Å². The summed E-state index contributed by atoms with van der Waals surface area (Å²) >= 11 is 0. The first-order chi connectivity index (χ1) is 11.8. The number of nitrogens with one attached hydrogen (secondary N) is 2. The number of carbonyl (C=O) groups is 1. The van der Waals surface area contributed by atoms with Crippen molar-refractivity contribution >= 4 is 21.6 Å². The smallest absolute Gasteiger partial charge is 0.262 e. The van der Waals surface area contributed by atoms with Crippen LogP contribution in [-0.2, 0) is 10.0 Å². The zero-order valence-electron chi connectivity index (χ0n) is 15.0. The summed E-state index contributed by atoms with van der Waals surface area (Å²) in [6.45, 7) is 7.97. The average molecular weight is 360 g/mol. The molecule has 2 aromatic rings. The Bertz CT molecular complexity index is 866. The zero-order chi connectivity index (χ0) is 18.6. The topological polar surface area (TPSA) is 75.3 Å². The van der Waals surface area contributed by atoms with E-state index in [1.807, 2.05) is 26.0 Å². The number of para-hydroxylation sites is 1. The second kappa shape index (κ2) is 7.70. The van der Waals surface area contributed by atoms with Gasteiger partial charge in [0.2, 0.25) is 0 Å². The molecular formula is C19H24N2O3S. The highest BCUT2D eigenvalue weighted by Gasteiger charge is 2.22. The first kappa shape index (κ1) is 19.0. The normalized spacial score (nSPS) is 11.2. The van der Waals surface area contributed by atoms with Crippen molar-refractivity contribution in [3.8, 4) is 0 Å². The minimum atomic E-state index is -3.80. The van der Waals surface area contributed by atoms with Crippen LogP contribution in [0.2, 0.25) is 0 Å². The van der Waals surface area contributed by atoms with Crippen molar-refractivity contribution in [1.29, 1.82) is 0 Å². The maximum atomic E-state index is 12.9. The Labute approximate surface area is 149 Å². The van der Waals surface area contributed by atoms with Gasteiger partial charge in [-0.15, -0.1) is 0 Å². The quantitative estimate of drug-likeness (QED) is 0.827. The summed E-state index contributed by atoms with van der Waals surface area (Å²) < 4.78 is 28.4. The Kier molecular flexibility index (Phi) is 5.85. The Hall–Kier alpha value is -2.34. The van der Waals surface area contributed by atoms with Gasteiger partial charge in [-0.3, -0.25) is 9.52 Å². The second-order valence-corrected chi connectivity index (χ2v) is 7.75. The van der Waals surface area contributed by atoms with E-state index < -0.39 is 10.0 Å². The lowest BCUT2D eigenvalue weighted by Gasteiger charge is -2.16. The molecule has 0 heterocycles. The van der Waals surface area contributed by atoms with Crippen LogP contribution in [0.25, 0.3) is 0 Å². The highest BCUT2D eigenvalue weighted by atomic mass is 32.2. The predicted octanol–water partition coefficient (Wildman–Crippen LogP) is 3.55. The van der Waals surface area contributed by atoms with Gasteiger partial charge in [0.15, 0.2) is 0 Å². The maximum absolute atomic E-state index is 12.9. The molecule has 25 heavy (non-hydrogen) atoms. The van der Waals surface area contributed by atoms with E-state index in [0.29, 0.717) is 23.2 Å². The van der Waals surface area contributed by atoms with Gasteiger partial charge in [-0.25, -0.2) is 8.42 Å². The fraction of sp³-hybridized carbons (Fsp3) is 0.316. The molecule has 134 valence electrons. The minimum Gasteiger partial charge on any atom is -0.352 e. The van der Waals surface area contributed by atoms with Gasteiger partial charge in [-0.1, -0.05) is 36.8 Å². The van der Waals surface area contributed by atoms with Crippen molar-refractivity contribution in [2.45, 2.75) is 39.0 Å². The number of benzene rings is 2. The molecule has 0 aliphatic heterocycles. The Morgan fingerprint density at radius 1 is 1.04 bits per heavy atom. The number of amides is 1. The standard InChI is InChI=1S/C19H24N2O3S/c1-5-10-20-19(22)16-8-6-7-9-17(16)21-25(23,24)18-14(3)11-13(2)12-15(18)4/h6-9,11-12,21H,5,10H2,1-4H3,(H,20,22). The summed E-state index contributed by atoms with van der Waals surface area (Å²) in [6, 6.07) is 10.3. The number of aryl methyl sites for hydroxylation is 3. The summed E-state index contributed by atoms with van der Waals surface area (Å²) in [5.41, 5.74) is 2.95. The lowest BCUT2D eigenvalue weighted by molar-refractivity contribution is 0.0954. The monoisotopic (exact) mass is 360 g/mol. The van der Waals surface area contributed by atoms with Gasteiger partial charge < -0.3 is 5.32 Å². The summed E-state index contributed by atoms with van der Waals surface area (Å²) in [5.74, 6) is -0.294. The van der Waals surface area contributed by atoms with Crippen LogP contribution in [0.4, 0.5) is 5.69 Å². The van der Waals surface area contributed by atoms with Gasteiger partial charge in [0.05, 0.1) is 16.1 Å². The van der Waals surface area contributed by atoms with Gasteiger partial charge >= 0.3 is 0 Å². The lowest BCUT2D eigenvalue weighted by atomic mass is 10.1. The molecule has 0 fully saturated rings. The number of hydrogen-bond acceptors (Lipinski definition) is 3. The Balaban J connectivity index is 2.41. The molecule has 0 saturated heterocycles. The molecule has 0 radical (unpaired) electrons. The fourth-order valence-electron chi connectivity index (χ4n) is 2.89. The van der Waals surface area contributed by atoms with Crippen molar-refractivity contribution in [2.75, 3.05) is 11.3 Å². The van der Waals surface area contributed by atoms with Crippen LogP contribution in [-0.4, -0.2) is 20.9 Å². The number of hydrogen-bond donors (Lipinski definition) is 2. The van der Waals surface area contributed by atoms with E-state index in [-0.39, 0.29) is 16.5 Å². The molecule has 2 rings (SSSR count). The highest BCUT2D eigenvalue weighted by Crippen LogP contribution is 2.25. The third kappa shape index (κ3) is 4.39. The molecular weight excluding hydrogens is 336 g/mol. The van der Waals surface area contributed by atoms with Crippen molar-refractivity contribution in [3.05, 3.63) is 58.7 Å². The van der Waals surface area contributed by atoms with Crippen molar-refractivity contribution in [2.24, 2.45) is 0 Å². The molecule has 0 saturated carbocycles. The Morgan fingerprint density at radius 3 is 2.24 bits per heavy atom. The zero-order valence-corrected chi connectivity index (χ0v) is 15.8. The van der Waals surface area contributed by atoms with Gasteiger partial charge in [-0.2, -0.15) is 0 Å². The van der Waals surface area contributed by atoms with Crippen molar-refractivity contribution in [3.63, 3.8) is 0 Å². The number of anilines is 1.